The molecular formula is C12H18N2O3S. The van der Waals surface area contributed by atoms with E-state index in [2.05, 4.69) is 14.6 Å². The van der Waals surface area contributed by atoms with E-state index in [1.165, 1.54) is 18.4 Å². The van der Waals surface area contributed by atoms with E-state index in [9.17, 15) is 4.79 Å². The van der Waals surface area contributed by atoms with Crippen LogP contribution in [0.1, 0.15) is 30.3 Å². The van der Waals surface area contributed by atoms with E-state index in [-0.39, 0.29) is 12.1 Å². The molecule has 5 nitrogen and oxygen atoms in total. The standard InChI is InChI=1S/C12H18N2O3S/c1-3-17-9-5-4-6-14(7-9)12-13-10(8-18-12)11(15)16-2/h8-9H,3-7H2,1-2H3. The summed E-state index contributed by atoms with van der Waals surface area (Å²) < 4.78 is 10.3. The molecule has 1 fully saturated rings. The highest BCUT2D eigenvalue weighted by molar-refractivity contribution is 7.13. The van der Waals surface area contributed by atoms with Crippen LogP contribution < -0.4 is 4.90 Å². The summed E-state index contributed by atoms with van der Waals surface area (Å²) >= 11 is 1.48. The van der Waals surface area contributed by atoms with Gasteiger partial charge in [-0.15, -0.1) is 11.3 Å². The van der Waals surface area contributed by atoms with E-state index >= 15 is 0 Å². The number of carbonyl (C=O) groups excluding carboxylic acids is 1. The van der Waals surface area contributed by atoms with Crippen molar-refractivity contribution in [3.05, 3.63) is 11.1 Å². The van der Waals surface area contributed by atoms with E-state index in [1.807, 2.05) is 6.92 Å². The molecule has 0 bridgehead atoms. The molecule has 0 radical (unpaired) electrons. The first kappa shape index (κ1) is 13.3. The van der Waals surface area contributed by atoms with Gasteiger partial charge in [0, 0.05) is 25.1 Å². The first-order chi connectivity index (χ1) is 8.74. The molecule has 0 amide bonds. The number of methoxy groups -OCH3 is 1. The smallest absolute Gasteiger partial charge is 0.357 e. The Morgan fingerprint density at radius 1 is 1.67 bits per heavy atom. The Balaban J connectivity index is 2.02. The Morgan fingerprint density at radius 2 is 2.50 bits per heavy atom. The predicted octanol–water partition coefficient (Wildman–Crippen LogP) is 1.93. The van der Waals surface area contributed by atoms with Crippen molar-refractivity contribution in [2.45, 2.75) is 25.9 Å². The number of carbonyl (C=O) groups is 1. The number of hydrogen-bond acceptors (Lipinski definition) is 6. The van der Waals surface area contributed by atoms with Gasteiger partial charge in [0.25, 0.3) is 0 Å². The van der Waals surface area contributed by atoms with Gasteiger partial charge in [-0.05, 0) is 19.8 Å². The van der Waals surface area contributed by atoms with Crippen LogP contribution in [0.2, 0.25) is 0 Å². The number of aromatic nitrogens is 1. The van der Waals surface area contributed by atoms with Crippen molar-refractivity contribution in [3.8, 4) is 0 Å². The minimum Gasteiger partial charge on any atom is -0.464 e. The van der Waals surface area contributed by atoms with Crippen molar-refractivity contribution >= 4 is 22.4 Å². The van der Waals surface area contributed by atoms with Crippen LogP contribution in [0.3, 0.4) is 0 Å². The maximum absolute atomic E-state index is 11.4. The number of ether oxygens (including phenoxy) is 2. The fourth-order valence-corrected chi connectivity index (χ4v) is 2.92. The van der Waals surface area contributed by atoms with Crippen LogP contribution in [-0.2, 0) is 9.47 Å². The average Bonchev–Trinajstić information content (AvgIpc) is 2.88. The SMILES string of the molecule is CCOC1CCCN(c2nc(C(=O)OC)cs2)C1. The zero-order chi connectivity index (χ0) is 13.0. The van der Waals surface area contributed by atoms with Gasteiger partial charge in [-0.3, -0.25) is 0 Å². The summed E-state index contributed by atoms with van der Waals surface area (Å²) in [6, 6.07) is 0. The van der Waals surface area contributed by atoms with Crippen LogP contribution in [0.15, 0.2) is 5.38 Å². The van der Waals surface area contributed by atoms with Crippen molar-refractivity contribution in [1.82, 2.24) is 4.98 Å². The first-order valence-corrected chi connectivity index (χ1v) is 7.03. The Hall–Kier alpha value is -1.14. The van der Waals surface area contributed by atoms with Crippen LogP contribution in [-0.4, -0.2) is 43.9 Å². The minimum absolute atomic E-state index is 0.272. The third kappa shape index (κ3) is 3.00. The Kier molecular flexibility index (Phi) is 4.54. The second-order valence-corrected chi connectivity index (χ2v) is 5.01. The molecule has 2 heterocycles. The molecular weight excluding hydrogens is 252 g/mol. The normalized spacial score (nSPS) is 19.9. The summed E-state index contributed by atoms with van der Waals surface area (Å²) in [5.41, 5.74) is 0.385. The Bertz CT molecular complexity index is 406. The number of esters is 1. The number of piperidine rings is 1. The van der Waals surface area contributed by atoms with Crippen molar-refractivity contribution < 1.29 is 14.3 Å². The highest BCUT2D eigenvalue weighted by Crippen LogP contribution is 2.25. The van der Waals surface area contributed by atoms with Gasteiger partial charge in [-0.25, -0.2) is 9.78 Å². The summed E-state index contributed by atoms with van der Waals surface area (Å²) in [4.78, 5) is 17.9. The third-order valence-corrected chi connectivity index (χ3v) is 3.84. The molecule has 18 heavy (non-hydrogen) atoms. The van der Waals surface area contributed by atoms with Crippen LogP contribution >= 0.6 is 11.3 Å². The molecule has 1 aromatic heterocycles. The second-order valence-electron chi connectivity index (χ2n) is 4.17. The predicted molar refractivity (Wildman–Crippen MR) is 70.3 cm³/mol. The number of hydrogen-bond donors (Lipinski definition) is 0. The summed E-state index contributed by atoms with van der Waals surface area (Å²) in [5, 5.41) is 2.62. The van der Waals surface area contributed by atoms with Gasteiger partial charge < -0.3 is 14.4 Å². The van der Waals surface area contributed by atoms with Crippen molar-refractivity contribution in [3.63, 3.8) is 0 Å². The second kappa shape index (κ2) is 6.15. The lowest BCUT2D eigenvalue weighted by Crippen LogP contribution is -2.39. The number of nitrogens with zero attached hydrogens (tertiary/aromatic N) is 2. The number of thiazole rings is 1. The van der Waals surface area contributed by atoms with E-state index in [0.717, 1.165) is 37.7 Å². The van der Waals surface area contributed by atoms with E-state index in [4.69, 9.17) is 4.74 Å². The topological polar surface area (TPSA) is 51.7 Å². The van der Waals surface area contributed by atoms with Crippen molar-refractivity contribution in [2.24, 2.45) is 0 Å². The largest absolute Gasteiger partial charge is 0.464 e. The van der Waals surface area contributed by atoms with Crippen molar-refractivity contribution in [1.29, 1.82) is 0 Å². The zero-order valence-electron chi connectivity index (χ0n) is 10.7. The van der Waals surface area contributed by atoms with Gasteiger partial charge in [0.05, 0.1) is 13.2 Å². The minimum atomic E-state index is -0.379. The molecule has 1 saturated heterocycles. The van der Waals surface area contributed by atoms with Crippen LogP contribution in [0.4, 0.5) is 5.13 Å². The molecule has 1 aliphatic rings. The molecule has 6 heteroatoms. The lowest BCUT2D eigenvalue weighted by atomic mass is 10.1. The summed E-state index contributed by atoms with van der Waals surface area (Å²) in [7, 11) is 1.37. The highest BCUT2D eigenvalue weighted by atomic mass is 32.1. The molecule has 0 aliphatic carbocycles. The van der Waals surface area contributed by atoms with Gasteiger partial charge in [0.1, 0.15) is 0 Å². The lowest BCUT2D eigenvalue weighted by Gasteiger charge is -2.32. The molecule has 0 aromatic carbocycles. The molecule has 1 aromatic rings. The van der Waals surface area contributed by atoms with Gasteiger partial charge >= 0.3 is 5.97 Å². The maximum Gasteiger partial charge on any atom is 0.357 e. The lowest BCUT2D eigenvalue weighted by molar-refractivity contribution is 0.0526. The first-order valence-electron chi connectivity index (χ1n) is 6.15. The number of rotatable bonds is 4. The van der Waals surface area contributed by atoms with E-state index < -0.39 is 0 Å². The quantitative estimate of drug-likeness (QED) is 0.783. The molecule has 0 saturated carbocycles. The fraction of sp³-hybridized carbons (Fsp3) is 0.667. The average molecular weight is 270 g/mol. The van der Waals surface area contributed by atoms with E-state index in [0.29, 0.717) is 5.69 Å². The van der Waals surface area contributed by atoms with Crippen LogP contribution in [0.25, 0.3) is 0 Å². The Morgan fingerprint density at radius 3 is 3.22 bits per heavy atom. The Labute approximate surface area is 111 Å². The summed E-state index contributed by atoms with van der Waals surface area (Å²) in [5.74, 6) is -0.379. The molecule has 100 valence electrons. The van der Waals surface area contributed by atoms with Crippen LogP contribution in [0, 0.1) is 0 Å². The molecule has 1 atom stereocenters. The van der Waals surface area contributed by atoms with Crippen LogP contribution in [0.5, 0.6) is 0 Å². The monoisotopic (exact) mass is 270 g/mol. The number of anilines is 1. The van der Waals surface area contributed by atoms with Gasteiger partial charge in [0.2, 0.25) is 0 Å². The zero-order valence-corrected chi connectivity index (χ0v) is 11.5. The molecule has 1 unspecified atom stereocenters. The van der Waals surface area contributed by atoms with Gasteiger partial charge in [-0.2, -0.15) is 0 Å². The molecule has 0 N–H and O–H groups in total. The highest BCUT2D eigenvalue weighted by Gasteiger charge is 2.23. The van der Waals surface area contributed by atoms with Gasteiger partial charge in [-0.1, -0.05) is 0 Å². The molecule has 1 aliphatic heterocycles. The fourth-order valence-electron chi connectivity index (χ4n) is 2.09. The summed E-state index contributed by atoms with van der Waals surface area (Å²) in [6.45, 7) is 4.57. The van der Waals surface area contributed by atoms with Gasteiger partial charge in [0.15, 0.2) is 10.8 Å². The van der Waals surface area contributed by atoms with Crippen molar-refractivity contribution in [2.75, 3.05) is 31.7 Å². The third-order valence-electron chi connectivity index (χ3n) is 2.94. The maximum atomic E-state index is 11.4. The molecule has 2 rings (SSSR count). The molecule has 0 spiro atoms. The summed E-state index contributed by atoms with van der Waals surface area (Å²) in [6.07, 6.45) is 2.46. The van der Waals surface area contributed by atoms with E-state index in [1.54, 1.807) is 5.38 Å².